The van der Waals surface area contributed by atoms with Crippen molar-refractivity contribution in [2.75, 3.05) is 26.4 Å². The molecule has 1 aliphatic heterocycles. The SMILES string of the molecule is CC(C)COCCC(=O)N(Cc1cccs1)CC1CCCO1. The average molecular weight is 325 g/mol. The predicted octanol–water partition coefficient (Wildman–Crippen LogP) is 3.32. The third-order valence-electron chi connectivity index (χ3n) is 3.64. The van der Waals surface area contributed by atoms with E-state index >= 15 is 0 Å². The number of amides is 1. The van der Waals surface area contributed by atoms with E-state index in [1.54, 1.807) is 11.3 Å². The van der Waals surface area contributed by atoms with E-state index in [0.29, 0.717) is 38.6 Å². The topological polar surface area (TPSA) is 38.8 Å². The molecule has 0 aliphatic carbocycles. The molecular formula is C17H27NO3S. The molecule has 0 radical (unpaired) electrons. The number of hydrogen-bond donors (Lipinski definition) is 0. The lowest BCUT2D eigenvalue weighted by atomic mass is 10.2. The van der Waals surface area contributed by atoms with Gasteiger partial charge in [-0.15, -0.1) is 11.3 Å². The van der Waals surface area contributed by atoms with Gasteiger partial charge in [-0.2, -0.15) is 0 Å². The van der Waals surface area contributed by atoms with Gasteiger partial charge in [-0.05, 0) is 30.2 Å². The summed E-state index contributed by atoms with van der Waals surface area (Å²) >= 11 is 1.69. The van der Waals surface area contributed by atoms with Crippen LogP contribution in [0.2, 0.25) is 0 Å². The highest BCUT2D eigenvalue weighted by Crippen LogP contribution is 2.18. The second kappa shape index (κ2) is 9.28. The Labute approximate surface area is 137 Å². The predicted molar refractivity (Wildman–Crippen MR) is 89.0 cm³/mol. The van der Waals surface area contributed by atoms with E-state index in [2.05, 4.69) is 25.3 Å². The Morgan fingerprint density at radius 3 is 3.05 bits per heavy atom. The van der Waals surface area contributed by atoms with Crippen molar-refractivity contribution in [2.24, 2.45) is 5.92 Å². The van der Waals surface area contributed by atoms with E-state index in [1.165, 1.54) is 4.88 Å². The van der Waals surface area contributed by atoms with Crippen LogP contribution in [0.4, 0.5) is 0 Å². The summed E-state index contributed by atoms with van der Waals surface area (Å²) in [6, 6.07) is 4.11. The zero-order valence-electron chi connectivity index (χ0n) is 13.6. The molecular weight excluding hydrogens is 298 g/mol. The molecule has 22 heavy (non-hydrogen) atoms. The first-order valence-electron chi connectivity index (χ1n) is 8.14. The van der Waals surface area contributed by atoms with Gasteiger partial charge in [-0.3, -0.25) is 4.79 Å². The summed E-state index contributed by atoms with van der Waals surface area (Å²) in [6.07, 6.45) is 2.80. The molecule has 1 amide bonds. The van der Waals surface area contributed by atoms with Crippen LogP contribution in [0.3, 0.4) is 0 Å². The van der Waals surface area contributed by atoms with Gasteiger partial charge < -0.3 is 14.4 Å². The highest BCUT2D eigenvalue weighted by molar-refractivity contribution is 7.09. The van der Waals surface area contributed by atoms with Gasteiger partial charge in [0.1, 0.15) is 0 Å². The van der Waals surface area contributed by atoms with Crippen LogP contribution in [0.5, 0.6) is 0 Å². The molecule has 2 heterocycles. The molecule has 1 aliphatic rings. The maximum absolute atomic E-state index is 12.5. The molecule has 0 spiro atoms. The number of hydrogen-bond acceptors (Lipinski definition) is 4. The normalized spacial score (nSPS) is 18.0. The number of carbonyl (C=O) groups excluding carboxylic acids is 1. The van der Waals surface area contributed by atoms with Crippen LogP contribution >= 0.6 is 11.3 Å². The van der Waals surface area contributed by atoms with Crippen LogP contribution in [0.1, 0.15) is 38.0 Å². The summed E-state index contributed by atoms with van der Waals surface area (Å²) < 4.78 is 11.2. The number of thiophene rings is 1. The van der Waals surface area contributed by atoms with Gasteiger partial charge >= 0.3 is 0 Å². The zero-order chi connectivity index (χ0) is 15.8. The van der Waals surface area contributed by atoms with E-state index in [0.717, 1.165) is 19.4 Å². The van der Waals surface area contributed by atoms with Gasteiger partial charge in [-0.1, -0.05) is 19.9 Å². The summed E-state index contributed by atoms with van der Waals surface area (Å²) in [5.41, 5.74) is 0. The molecule has 1 saturated heterocycles. The van der Waals surface area contributed by atoms with Gasteiger partial charge in [0.2, 0.25) is 5.91 Å². The molecule has 5 heteroatoms. The molecule has 124 valence electrons. The second-order valence-electron chi connectivity index (χ2n) is 6.21. The molecule has 2 rings (SSSR count). The first-order valence-corrected chi connectivity index (χ1v) is 9.02. The number of ether oxygens (including phenoxy) is 2. The fourth-order valence-electron chi connectivity index (χ4n) is 2.52. The van der Waals surface area contributed by atoms with E-state index in [9.17, 15) is 4.79 Å². The van der Waals surface area contributed by atoms with Gasteiger partial charge in [0.15, 0.2) is 0 Å². The largest absolute Gasteiger partial charge is 0.381 e. The van der Waals surface area contributed by atoms with E-state index < -0.39 is 0 Å². The molecule has 0 N–H and O–H groups in total. The maximum Gasteiger partial charge on any atom is 0.225 e. The number of carbonyl (C=O) groups is 1. The summed E-state index contributed by atoms with van der Waals surface area (Å²) in [5.74, 6) is 0.664. The molecule has 0 bridgehead atoms. The second-order valence-corrected chi connectivity index (χ2v) is 7.24. The van der Waals surface area contributed by atoms with Crippen LogP contribution in [0.25, 0.3) is 0 Å². The Morgan fingerprint density at radius 2 is 2.41 bits per heavy atom. The quantitative estimate of drug-likeness (QED) is 0.654. The molecule has 0 saturated carbocycles. The van der Waals surface area contributed by atoms with Gasteiger partial charge in [0, 0.05) is 24.6 Å². The van der Waals surface area contributed by atoms with Crippen molar-refractivity contribution in [1.82, 2.24) is 4.90 Å². The Bertz CT molecular complexity index is 427. The van der Waals surface area contributed by atoms with Crippen molar-refractivity contribution >= 4 is 17.2 Å². The molecule has 1 fully saturated rings. The van der Waals surface area contributed by atoms with Crippen LogP contribution in [0, 0.1) is 5.92 Å². The van der Waals surface area contributed by atoms with E-state index in [4.69, 9.17) is 9.47 Å². The molecule has 1 aromatic heterocycles. The third-order valence-corrected chi connectivity index (χ3v) is 4.50. The Balaban J connectivity index is 1.83. The van der Waals surface area contributed by atoms with Crippen LogP contribution < -0.4 is 0 Å². The van der Waals surface area contributed by atoms with E-state index in [1.807, 2.05) is 11.0 Å². The van der Waals surface area contributed by atoms with Crippen LogP contribution in [0.15, 0.2) is 17.5 Å². The zero-order valence-corrected chi connectivity index (χ0v) is 14.4. The van der Waals surface area contributed by atoms with Crippen LogP contribution in [-0.2, 0) is 20.8 Å². The molecule has 1 aromatic rings. The fraction of sp³-hybridized carbons (Fsp3) is 0.706. The highest BCUT2D eigenvalue weighted by Gasteiger charge is 2.22. The lowest BCUT2D eigenvalue weighted by molar-refractivity contribution is -0.134. The molecule has 1 atom stereocenters. The monoisotopic (exact) mass is 325 g/mol. The summed E-state index contributed by atoms with van der Waals surface area (Å²) in [5, 5.41) is 2.05. The minimum atomic E-state index is 0.160. The van der Waals surface area contributed by atoms with Crippen molar-refractivity contribution in [1.29, 1.82) is 0 Å². The summed E-state index contributed by atoms with van der Waals surface area (Å²) in [7, 11) is 0. The van der Waals surface area contributed by atoms with Crippen molar-refractivity contribution in [2.45, 2.75) is 45.8 Å². The lowest BCUT2D eigenvalue weighted by Crippen LogP contribution is -2.37. The average Bonchev–Trinajstić information content (AvgIpc) is 3.16. The van der Waals surface area contributed by atoms with E-state index in [-0.39, 0.29) is 12.0 Å². The van der Waals surface area contributed by atoms with Crippen molar-refractivity contribution in [3.63, 3.8) is 0 Å². The minimum Gasteiger partial charge on any atom is -0.381 e. The first kappa shape index (κ1) is 17.4. The number of nitrogens with zero attached hydrogens (tertiary/aromatic N) is 1. The standard InChI is InChI=1S/C17H27NO3S/c1-14(2)13-20-9-7-17(19)18(11-15-5-3-8-21-15)12-16-6-4-10-22-16/h4,6,10,14-15H,3,5,7-9,11-13H2,1-2H3. The van der Waals surface area contributed by atoms with Crippen LogP contribution in [-0.4, -0.2) is 43.3 Å². The Kier molecular flexibility index (Phi) is 7.36. The van der Waals surface area contributed by atoms with Gasteiger partial charge in [0.05, 0.1) is 25.7 Å². The van der Waals surface area contributed by atoms with Gasteiger partial charge in [0.25, 0.3) is 0 Å². The van der Waals surface area contributed by atoms with Gasteiger partial charge in [-0.25, -0.2) is 0 Å². The van der Waals surface area contributed by atoms with Crippen molar-refractivity contribution in [3.8, 4) is 0 Å². The molecule has 4 nitrogen and oxygen atoms in total. The summed E-state index contributed by atoms with van der Waals surface area (Å²) in [6.45, 7) is 7.64. The minimum absolute atomic E-state index is 0.160. The molecule has 1 unspecified atom stereocenters. The highest BCUT2D eigenvalue weighted by atomic mass is 32.1. The third kappa shape index (κ3) is 6.07. The lowest BCUT2D eigenvalue weighted by Gasteiger charge is -2.25. The van der Waals surface area contributed by atoms with Crippen molar-refractivity contribution < 1.29 is 14.3 Å². The smallest absolute Gasteiger partial charge is 0.225 e. The Hall–Kier alpha value is -0.910. The maximum atomic E-state index is 12.5. The van der Waals surface area contributed by atoms with Crippen molar-refractivity contribution in [3.05, 3.63) is 22.4 Å². The Morgan fingerprint density at radius 1 is 1.55 bits per heavy atom. The fourth-order valence-corrected chi connectivity index (χ4v) is 3.24. The number of rotatable bonds is 9. The summed E-state index contributed by atoms with van der Waals surface area (Å²) in [4.78, 5) is 15.6. The molecule has 0 aromatic carbocycles. The first-order chi connectivity index (χ1) is 10.6.